The monoisotopic (exact) mass is 391 g/mol. The van der Waals surface area contributed by atoms with Crippen molar-refractivity contribution in [3.63, 3.8) is 0 Å². The highest BCUT2D eigenvalue weighted by Crippen LogP contribution is 2.32. The quantitative estimate of drug-likeness (QED) is 0.574. The topological polar surface area (TPSA) is 70.2 Å². The normalized spacial score (nSPS) is 12.3. The molecule has 0 spiro atoms. The molecule has 0 radical (unpaired) electrons. The SMILES string of the molecule is Cc1cc(NC(=O)Nc2cccc(Cl)c2)ccc1-c1cccc2c1CNC2=O. The van der Waals surface area contributed by atoms with Gasteiger partial charge in [0, 0.05) is 28.5 Å². The molecule has 140 valence electrons. The maximum absolute atomic E-state index is 12.2. The van der Waals surface area contributed by atoms with Crippen LogP contribution in [0.1, 0.15) is 21.5 Å². The highest BCUT2D eigenvalue weighted by atomic mass is 35.5. The first-order valence-corrected chi connectivity index (χ1v) is 9.24. The lowest BCUT2D eigenvalue weighted by molar-refractivity contribution is 0.0965. The Bertz CT molecular complexity index is 1090. The van der Waals surface area contributed by atoms with E-state index in [9.17, 15) is 9.59 Å². The molecule has 3 N–H and O–H groups in total. The van der Waals surface area contributed by atoms with Crippen LogP contribution >= 0.6 is 11.6 Å². The van der Waals surface area contributed by atoms with Gasteiger partial charge < -0.3 is 16.0 Å². The molecule has 1 aliphatic heterocycles. The Hall–Kier alpha value is -3.31. The summed E-state index contributed by atoms with van der Waals surface area (Å²) in [5.41, 5.74) is 6.11. The zero-order valence-electron chi connectivity index (χ0n) is 15.2. The number of anilines is 2. The Balaban J connectivity index is 1.54. The molecular formula is C22H18ClN3O2. The van der Waals surface area contributed by atoms with E-state index >= 15 is 0 Å². The lowest BCUT2D eigenvalue weighted by Crippen LogP contribution is -2.19. The van der Waals surface area contributed by atoms with E-state index in [1.165, 1.54) is 0 Å². The number of rotatable bonds is 3. The van der Waals surface area contributed by atoms with Crippen molar-refractivity contribution < 1.29 is 9.59 Å². The summed E-state index contributed by atoms with van der Waals surface area (Å²) in [6, 6.07) is 18.1. The second-order valence-electron chi connectivity index (χ2n) is 6.63. The summed E-state index contributed by atoms with van der Waals surface area (Å²) in [5.74, 6) is -0.0366. The Kier molecular flexibility index (Phi) is 4.75. The van der Waals surface area contributed by atoms with Crippen molar-refractivity contribution in [1.29, 1.82) is 0 Å². The fourth-order valence-corrected chi connectivity index (χ4v) is 3.60. The molecule has 0 saturated carbocycles. The molecule has 1 heterocycles. The predicted octanol–water partition coefficient (Wildman–Crippen LogP) is 5.20. The van der Waals surface area contributed by atoms with Crippen molar-refractivity contribution in [2.24, 2.45) is 0 Å². The highest BCUT2D eigenvalue weighted by Gasteiger charge is 2.22. The van der Waals surface area contributed by atoms with Crippen LogP contribution in [-0.4, -0.2) is 11.9 Å². The molecule has 0 fully saturated rings. The van der Waals surface area contributed by atoms with Crippen LogP contribution in [0.4, 0.5) is 16.2 Å². The molecule has 0 bridgehead atoms. The summed E-state index contributed by atoms with van der Waals surface area (Å²) in [5, 5.41) is 9.01. The first-order chi connectivity index (χ1) is 13.5. The van der Waals surface area contributed by atoms with Gasteiger partial charge >= 0.3 is 6.03 Å². The van der Waals surface area contributed by atoms with E-state index in [1.807, 2.05) is 43.3 Å². The predicted molar refractivity (Wildman–Crippen MR) is 112 cm³/mol. The smallest absolute Gasteiger partial charge is 0.323 e. The van der Waals surface area contributed by atoms with Crippen LogP contribution in [0.2, 0.25) is 5.02 Å². The number of nitrogens with one attached hydrogen (secondary N) is 3. The highest BCUT2D eigenvalue weighted by molar-refractivity contribution is 6.30. The molecule has 3 amide bonds. The van der Waals surface area contributed by atoms with Gasteiger partial charge in [-0.1, -0.05) is 35.9 Å². The fraction of sp³-hybridized carbons (Fsp3) is 0.0909. The van der Waals surface area contributed by atoms with Crippen LogP contribution in [0.15, 0.2) is 60.7 Å². The van der Waals surface area contributed by atoms with Gasteiger partial charge in [-0.25, -0.2) is 4.79 Å². The van der Waals surface area contributed by atoms with Crippen LogP contribution in [0.25, 0.3) is 11.1 Å². The van der Waals surface area contributed by atoms with Crippen molar-refractivity contribution in [2.75, 3.05) is 10.6 Å². The van der Waals surface area contributed by atoms with Crippen LogP contribution in [0, 0.1) is 6.92 Å². The number of hydrogen-bond donors (Lipinski definition) is 3. The van der Waals surface area contributed by atoms with Crippen molar-refractivity contribution >= 4 is 34.9 Å². The number of benzene rings is 3. The summed E-state index contributed by atoms with van der Waals surface area (Å²) in [7, 11) is 0. The molecule has 0 saturated heterocycles. The van der Waals surface area contributed by atoms with E-state index in [-0.39, 0.29) is 11.9 Å². The number of halogens is 1. The molecule has 5 nitrogen and oxygen atoms in total. The second kappa shape index (κ2) is 7.37. The summed E-state index contributed by atoms with van der Waals surface area (Å²) in [6.07, 6.45) is 0. The van der Waals surface area contributed by atoms with Gasteiger partial charge in [0.05, 0.1) is 0 Å². The van der Waals surface area contributed by atoms with Gasteiger partial charge in [0.1, 0.15) is 0 Å². The van der Waals surface area contributed by atoms with Crippen molar-refractivity contribution in [3.05, 3.63) is 82.4 Å². The minimum Gasteiger partial charge on any atom is -0.348 e. The third kappa shape index (κ3) is 3.57. The molecule has 0 atom stereocenters. The number of carbonyl (C=O) groups is 2. The number of urea groups is 1. The third-order valence-corrected chi connectivity index (χ3v) is 4.94. The molecule has 6 heteroatoms. The van der Waals surface area contributed by atoms with Gasteiger partial charge in [0.25, 0.3) is 5.91 Å². The largest absolute Gasteiger partial charge is 0.348 e. The summed E-state index contributed by atoms with van der Waals surface area (Å²) in [6.45, 7) is 2.52. The Morgan fingerprint density at radius 3 is 2.39 bits per heavy atom. The minimum absolute atomic E-state index is 0.0366. The maximum atomic E-state index is 12.2. The number of hydrogen-bond acceptors (Lipinski definition) is 2. The molecule has 0 aliphatic carbocycles. The fourth-order valence-electron chi connectivity index (χ4n) is 3.41. The average molecular weight is 392 g/mol. The Morgan fingerprint density at radius 1 is 0.929 bits per heavy atom. The molecular weight excluding hydrogens is 374 g/mol. The van der Waals surface area contributed by atoms with Crippen molar-refractivity contribution in [2.45, 2.75) is 13.5 Å². The minimum atomic E-state index is -0.343. The zero-order chi connectivity index (χ0) is 19.7. The van der Waals surface area contributed by atoms with Crippen LogP contribution < -0.4 is 16.0 Å². The maximum Gasteiger partial charge on any atom is 0.323 e. The second-order valence-corrected chi connectivity index (χ2v) is 7.07. The van der Waals surface area contributed by atoms with Gasteiger partial charge in [-0.15, -0.1) is 0 Å². The molecule has 3 aromatic rings. The standard InChI is InChI=1S/C22H18ClN3O2/c1-13-10-16(26-22(28)25-15-5-2-4-14(23)11-15)8-9-17(13)18-6-3-7-19-20(18)12-24-21(19)27/h2-11H,12H2,1H3,(H,24,27)(H2,25,26,28). The number of fused-ring (bicyclic) bond motifs is 1. The summed E-state index contributed by atoms with van der Waals surface area (Å²) in [4.78, 5) is 24.1. The van der Waals surface area contributed by atoms with E-state index in [2.05, 4.69) is 16.0 Å². The first kappa shape index (κ1) is 18.1. The van der Waals surface area contributed by atoms with E-state index in [1.54, 1.807) is 24.3 Å². The number of carbonyl (C=O) groups excluding carboxylic acids is 2. The van der Waals surface area contributed by atoms with E-state index in [0.717, 1.165) is 27.8 Å². The molecule has 0 aromatic heterocycles. The van der Waals surface area contributed by atoms with Gasteiger partial charge in [0.2, 0.25) is 0 Å². The van der Waals surface area contributed by atoms with Crippen LogP contribution in [0.5, 0.6) is 0 Å². The van der Waals surface area contributed by atoms with Crippen LogP contribution in [0.3, 0.4) is 0 Å². The molecule has 3 aromatic carbocycles. The lowest BCUT2D eigenvalue weighted by Gasteiger charge is -2.13. The summed E-state index contributed by atoms with van der Waals surface area (Å²) >= 11 is 5.94. The molecule has 4 rings (SSSR count). The van der Waals surface area contributed by atoms with Crippen LogP contribution in [-0.2, 0) is 6.54 Å². The number of aryl methyl sites for hydroxylation is 1. The van der Waals surface area contributed by atoms with Gasteiger partial charge in [-0.3, -0.25) is 4.79 Å². The van der Waals surface area contributed by atoms with E-state index in [4.69, 9.17) is 11.6 Å². The number of amides is 3. The third-order valence-electron chi connectivity index (χ3n) is 4.70. The summed E-state index contributed by atoms with van der Waals surface area (Å²) < 4.78 is 0. The molecule has 28 heavy (non-hydrogen) atoms. The first-order valence-electron chi connectivity index (χ1n) is 8.86. The average Bonchev–Trinajstić information content (AvgIpc) is 3.03. The van der Waals surface area contributed by atoms with Gasteiger partial charge in [-0.05, 0) is 65.6 Å². The lowest BCUT2D eigenvalue weighted by atomic mass is 9.93. The Morgan fingerprint density at radius 2 is 1.64 bits per heavy atom. The van der Waals surface area contributed by atoms with E-state index < -0.39 is 0 Å². The molecule has 0 unspecified atom stereocenters. The van der Waals surface area contributed by atoms with Gasteiger partial charge in [0.15, 0.2) is 0 Å². The van der Waals surface area contributed by atoms with Gasteiger partial charge in [-0.2, -0.15) is 0 Å². The molecule has 1 aliphatic rings. The zero-order valence-corrected chi connectivity index (χ0v) is 15.9. The Labute approximate surface area is 167 Å². The van der Waals surface area contributed by atoms with E-state index in [0.29, 0.717) is 22.9 Å². The van der Waals surface area contributed by atoms with Crippen molar-refractivity contribution in [3.8, 4) is 11.1 Å². The van der Waals surface area contributed by atoms with Crippen molar-refractivity contribution in [1.82, 2.24) is 5.32 Å².